The van der Waals surface area contributed by atoms with Crippen molar-refractivity contribution < 1.29 is 9.53 Å². The molecule has 6 heteroatoms. The molecule has 0 bridgehead atoms. The number of hydrogen-bond acceptors (Lipinski definition) is 5. The molecule has 5 nitrogen and oxygen atoms in total. The van der Waals surface area contributed by atoms with Crippen LogP contribution in [0.15, 0.2) is 29.2 Å². The van der Waals surface area contributed by atoms with Crippen LogP contribution in [0, 0.1) is 5.92 Å². The second-order valence-electron chi connectivity index (χ2n) is 8.30. The number of carbonyl (C=O) groups is 1. The van der Waals surface area contributed by atoms with Gasteiger partial charge in [0.2, 0.25) is 0 Å². The minimum atomic E-state index is 0.0372. The molecule has 0 spiro atoms. The van der Waals surface area contributed by atoms with E-state index in [-0.39, 0.29) is 5.91 Å². The van der Waals surface area contributed by atoms with E-state index in [0.717, 1.165) is 61.8 Å². The zero-order valence-corrected chi connectivity index (χ0v) is 18.3. The van der Waals surface area contributed by atoms with E-state index < -0.39 is 0 Å². The molecular formula is C22H35N3O2S. The summed E-state index contributed by atoms with van der Waals surface area (Å²) in [4.78, 5) is 18.9. The van der Waals surface area contributed by atoms with E-state index in [2.05, 4.69) is 42.1 Å². The first-order valence-corrected chi connectivity index (χ1v) is 11.6. The van der Waals surface area contributed by atoms with Crippen LogP contribution in [0.4, 0.5) is 0 Å². The van der Waals surface area contributed by atoms with Gasteiger partial charge in [0.05, 0.1) is 11.7 Å². The van der Waals surface area contributed by atoms with Crippen LogP contribution in [-0.4, -0.2) is 80.0 Å². The zero-order valence-electron chi connectivity index (χ0n) is 17.5. The zero-order chi connectivity index (χ0) is 19.9. The van der Waals surface area contributed by atoms with Gasteiger partial charge < -0.3 is 15.0 Å². The van der Waals surface area contributed by atoms with Gasteiger partial charge in [-0.1, -0.05) is 26.0 Å². The maximum absolute atomic E-state index is 12.9. The number of benzene rings is 1. The molecule has 0 radical (unpaired) electrons. The van der Waals surface area contributed by atoms with E-state index >= 15 is 0 Å². The van der Waals surface area contributed by atoms with Crippen molar-refractivity contribution in [2.75, 3.05) is 52.1 Å². The second-order valence-corrected chi connectivity index (χ2v) is 9.36. The lowest BCUT2D eigenvalue weighted by Crippen LogP contribution is -2.54. The monoisotopic (exact) mass is 405 g/mol. The second kappa shape index (κ2) is 10.6. The van der Waals surface area contributed by atoms with Gasteiger partial charge in [0, 0.05) is 56.0 Å². The summed E-state index contributed by atoms with van der Waals surface area (Å²) in [5, 5.41) is 3.22. The SMILES string of the molecule is CC(C)[C@@H](CNC(=O)c1ccccc1SC[C@H]1CCCO1)N1CCN(C)CC1. The Morgan fingerprint density at radius 1 is 1.25 bits per heavy atom. The van der Waals surface area contributed by atoms with Gasteiger partial charge in [0.15, 0.2) is 0 Å². The average Bonchev–Trinajstić information content (AvgIpc) is 3.21. The number of nitrogens with one attached hydrogen (secondary N) is 1. The van der Waals surface area contributed by atoms with Crippen LogP contribution in [0.2, 0.25) is 0 Å². The van der Waals surface area contributed by atoms with E-state index in [9.17, 15) is 4.79 Å². The van der Waals surface area contributed by atoms with Gasteiger partial charge in [-0.3, -0.25) is 9.69 Å². The number of nitrogens with zero attached hydrogens (tertiary/aromatic N) is 2. The highest BCUT2D eigenvalue weighted by Gasteiger charge is 2.26. The Hall–Kier alpha value is -1.08. The van der Waals surface area contributed by atoms with Crippen molar-refractivity contribution in [3.05, 3.63) is 29.8 Å². The summed E-state index contributed by atoms with van der Waals surface area (Å²) >= 11 is 1.74. The summed E-state index contributed by atoms with van der Waals surface area (Å²) in [6.07, 6.45) is 2.60. The predicted octanol–water partition coefficient (Wildman–Crippen LogP) is 2.96. The van der Waals surface area contributed by atoms with Crippen LogP contribution in [0.1, 0.15) is 37.0 Å². The number of likely N-dealkylation sites (N-methyl/N-ethyl adjacent to an activating group) is 1. The van der Waals surface area contributed by atoms with Gasteiger partial charge in [-0.25, -0.2) is 0 Å². The third kappa shape index (κ3) is 5.96. The molecule has 1 aromatic carbocycles. The fourth-order valence-corrected chi connectivity index (χ4v) is 5.09. The standard InChI is InChI=1S/C22H35N3O2S/c1-17(2)20(25-12-10-24(3)11-13-25)15-23-22(26)19-8-4-5-9-21(19)28-16-18-7-6-14-27-18/h4-5,8-9,17-18,20H,6-7,10-16H2,1-3H3,(H,23,26)/t18-,20-/m1/s1. The number of ether oxygens (including phenoxy) is 1. The number of amides is 1. The minimum Gasteiger partial charge on any atom is -0.377 e. The highest BCUT2D eigenvalue weighted by molar-refractivity contribution is 7.99. The molecule has 0 aromatic heterocycles. The molecule has 2 aliphatic rings. The molecule has 2 fully saturated rings. The molecule has 0 saturated carbocycles. The lowest BCUT2D eigenvalue weighted by atomic mass is 10.0. The van der Waals surface area contributed by atoms with Crippen molar-refractivity contribution in [1.29, 1.82) is 0 Å². The molecule has 2 heterocycles. The molecule has 156 valence electrons. The van der Waals surface area contributed by atoms with E-state index in [0.29, 0.717) is 24.6 Å². The van der Waals surface area contributed by atoms with Crippen LogP contribution in [0.5, 0.6) is 0 Å². The number of rotatable bonds is 8. The van der Waals surface area contributed by atoms with Gasteiger partial charge in [-0.05, 0) is 37.9 Å². The first kappa shape index (κ1) is 21.6. The fraction of sp³-hybridized carbons (Fsp3) is 0.682. The van der Waals surface area contributed by atoms with E-state index in [1.54, 1.807) is 11.8 Å². The number of hydrogen-bond donors (Lipinski definition) is 1. The van der Waals surface area contributed by atoms with Crippen LogP contribution in [-0.2, 0) is 4.74 Å². The van der Waals surface area contributed by atoms with E-state index in [1.807, 2.05) is 18.2 Å². The summed E-state index contributed by atoms with van der Waals surface area (Å²) in [5.74, 6) is 1.46. The fourth-order valence-electron chi connectivity index (χ4n) is 3.97. The number of piperazine rings is 1. The molecule has 1 amide bonds. The molecule has 1 aromatic rings. The summed E-state index contributed by atoms with van der Waals surface area (Å²) in [5.41, 5.74) is 0.784. The topological polar surface area (TPSA) is 44.8 Å². The molecule has 3 rings (SSSR count). The molecule has 0 aliphatic carbocycles. The first-order chi connectivity index (χ1) is 13.5. The molecule has 0 unspecified atom stereocenters. The molecule has 2 atom stereocenters. The predicted molar refractivity (Wildman–Crippen MR) is 116 cm³/mol. The quantitative estimate of drug-likeness (QED) is 0.674. The third-order valence-electron chi connectivity index (χ3n) is 5.83. The molecule has 2 aliphatic heterocycles. The van der Waals surface area contributed by atoms with Gasteiger partial charge in [-0.2, -0.15) is 0 Å². The van der Waals surface area contributed by atoms with E-state index in [1.165, 1.54) is 0 Å². The van der Waals surface area contributed by atoms with Crippen molar-refractivity contribution in [2.45, 2.75) is 43.7 Å². The van der Waals surface area contributed by atoms with Crippen molar-refractivity contribution in [3.8, 4) is 0 Å². The highest BCUT2D eigenvalue weighted by Crippen LogP contribution is 2.27. The highest BCUT2D eigenvalue weighted by atomic mass is 32.2. The average molecular weight is 406 g/mol. The lowest BCUT2D eigenvalue weighted by molar-refractivity contribution is 0.0789. The molecule has 2 saturated heterocycles. The number of carbonyl (C=O) groups excluding carboxylic acids is 1. The van der Waals surface area contributed by atoms with E-state index in [4.69, 9.17) is 4.74 Å². The summed E-state index contributed by atoms with van der Waals surface area (Å²) in [6, 6.07) is 8.33. The summed E-state index contributed by atoms with van der Waals surface area (Å²) in [6.45, 7) is 10.4. The van der Waals surface area contributed by atoms with Gasteiger partial charge in [-0.15, -0.1) is 11.8 Å². The van der Waals surface area contributed by atoms with Crippen molar-refractivity contribution in [2.24, 2.45) is 5.92 Å². The van der Waals surface area contributed by atoms with Crippen molar-refractivity contribution in [1.82, 2.24) is 15.1 Å². The first-order valence-electron chi connectivity index (χ1n) is 10.6. The van der Waals surface area contributed by atoms with Crippen molar-refractivity contribution >= 4 is 17.7 Å². The molecule has 1 N–H and O–H groups in total. The van der Waals surface area contributed by atoms with Crippen LogP contribution in [0.25, 0.3) is 0 Å². The maximum atomic E-state index is 12.9. The maximum Gasteiger partial charge on any atom is 0.252 e. The lowest BCUT2D eigenvalue weighted by Gasteiger charge is -2.40. The molecular weight excluding hydrogens is 370 g/mol. The third-order valence-corrected chi connectivity index (χ3v) is 7.03. The number of thioether (sulfide) groups is 1. The summed E-state index contributed by atoms with van der Waals surface area (Å²) in [7, 11) is 2.18. The Kier molecular flexibility index (Phi) is 8.21. The Morgan fingerprint density at radius 2 is 2.00 bits per heavy atom. The van der Waals surface area contributed by atoms with Crippen LogP contribution >= 0.6 is 11.8 Å². The Balaban J connectivity index is 1.57. The van der Waals surface area contributed by atoms with Gasteiger partial charge >= 0.3 is 0 Å². The van der Waals surface area contributed by atoms with Crippen LogP contribution < -0.4 is 5.32 Å². The minimum absolute atomic E-state index is 0.0372. The molecule has 28 heavy (non-hydrogen) atoms. The van der Waals surface area contributed by atoms with Crippen LogP contribution in [0.3, 0.4) is 0 Å². The Bertz CT molecular complexity index is 626. The Labute approximate surface area is 174 Å². The smallest absolute Gasteiger partial charge is 0.252 e. The largest absolute Gasteiger partial charge is 0.377 e. The van der Waals surface area contributed by atoms with Gasteiger partial charge in [0.25, 0.3) is 5.91 Å². The van der Waals surface area contributed by atoms with Crippen molar-refractivity contribution in [3.63, 3.8) is 0 Å². The normalized spacial score (nSPS) is 22.5. The Morgan fingerprint density at radius 3 is 2.68 bits per heavy atom. The van der Waals surface area contributed by atoms with Gasteiger partial charge in [0.1, 0.15) is 0 Å². The summed E-state index contributed by atoms with van der Waals surface area (Å²) < 4.78 is 5.72.